The maximum atomic E-state index is 5.86. The predicted octanol–water partition coefficient (Wildman–Crippen LogP) is 2.17. The minimum absolute atomic E-state index is 0.557. The van der Waals surface area contributed by atoms with E-state index in [0.717, 1.165) is 32.0 Å². The summed E-state index contributed by atoms with van der Waals surface area (Å²) in [7, 11) is 0. The number of allylic oxidation sites excluding steroid dienone is 2. The van der Waals surface area contributed by atoms with Crippen LogP contribution in [0.3, 0.4) is 0 Å². The van der Waals surface area contributed by atoms with Crippen molar-refractivity contribution >= 4 is 17.7 Å². The molecule has 22 heavy (non-hydrogen) atoms. The Morgan fingerprint density at radius 2 is 1.86 bits per heavy atom. The molecule has 1 aliphatic rings. The number of morpholine rings is 1. The number of benzene rings is 1. The Bertz CT molecular complexity index is 659. The molecule has 1 aliphatic heterocycles. The van der Waals surface area contributed by atoms with E-state index in [4.69, 9.17) is 16.3 Å². The summed E-state index contributed by atoms with van der Waals surface area (Å²) in [6.07, 6.45) is 7.73. The summed E-state index contributed by atoms with van der Waals surface area (Å²) in [6, 6.07) is 7.27. The van der Waals surface area contributed by atoms with Crippen molar-refractivity contribution in [2.24, 2.45) is 0 Å². The molecule has 0 unspecified atom stereocenters. The van der Waals surface area contributed by atoms with Crippen molar-refractivity contribution in [2.45, 2.75) is 0 Å². The summed E-state index contributed by atoms with van der Waals surface area (Å²) in [4.78, 5) is 3.69. The smallest absolute Gasteiger partial charge is 0.198 e. The highest BCUT2D eigenvalue weighted by Gasteiger charge is 2.04. The van der Waals surface area contributed by atoms with E-state index in [2.05, 4.69) is 20.3 Å². The molecule has 0 spiro atoms. The maximum Gasteiger partial charge on any atom is 0.198 e. The molecule has 6 nitrogen and oxygen atoms in total. The van der Waals surface area contributed by atoms with Crippen LogP contribution in [0.4, 0.5) is 0 Å². The highest BCUT2D eigenvalue weighted by Crippen LogP contribution is 2.11. The molecule has 2 aromatic rings. The van der Waals surface area contributed by atoms with Gasteiger partial charge in [0.1, 0.15) is 0 Å². The van der Waals surface area contributed by atoms with Crippen molar-refractivity contribution in [1.82, 2.24) is 25.1 Å². The summed E-state index contributed by atoms with van der Waals surface area (Å²) < 4.78 is 5.29. The number of ether oxygens (including phenoxy) is 1. The highest BCUT2D eigenvalue weighted by atomic mass is 35.5. The molecule has 0 aliphatic carbocycles. The monoisotopic (exact) mass is 317 g/mol. The van der Waals surface area contributed by atoms with Gasteiger partial charge in [-0.15, -0.1) is 15.0 Å². The molecule has 2 heterocycles. The van der Waals surface area contributed by atoms with E-state index in [1.54, 1.807) is 12.1 Å². The molecule has 1 aromatic carbocycles. The molecule has 0 radical (unpaired) electrons. The van der Waals surface area contributed by atoms with E-state index in [-0.39, 0.29) is 0 Å². The van der Waals surface area contributed by atoms with Gasteiger partial charge in [-0.25, -0.2) is 0 Å². The first kappa shape index (κ1) is 14.7. The standard InChI is InChI=1S/C15H16ClN5O/c16-13-4-6-14(7-5-13)21-18-15(17-19-21)3-1-2-8-20-9-11-22-12-10-20/h1-8H,9-12H2/b3-1+,8-2+. The molecule has 0 saturated carbocycles. The second-order valence-corrected chi connectivity index (χ2v) is 5.20. The summed E-state index contributed by atoms with van der Waals surface area (Å²) in [5, 5.41) is 13.0. The summed E-state index contributed by atoms with van der Waals surface area (Å²) in [6.45, 7) is 3.42. The summed E-state index contributed by atoms with van der Waals surface area (Å²) in [5.74, 6) is 0.557. The number of hydrogen-bond donors (Lipinski definition) is 0. The van der Waals surface area contributed by atoms with Crippen LogP contribution in [0.2, 0.25) is 5.02 Å². The Labute approximate surface area is 133 Å². The van der Waals surface area contributed by atoms with Gasteiger partial charge < -0.3 is 9.64 Å². The Morgan fingerprint density at radius 3 is 2.64 bits per heavy atom. The van der Waals surface area contributed by atoms with E-state index in [0.29, 0.717) is 10.8 Å². The van der Waals surface area contributed by atoms with Crippen molar-refractivity contribution < 1.29 is 4.74 Å². The van der Waals surface area contributed by atoms with Crippen LogP contribution in [-0.4, -0.2) is 51.4 Å². The molecular weight excluding hydrogens is 302 g/mol. The van der Waals surface area contributed by atoms with Gasteiger partial charge in [-0.2, -0.15) is 0 Å². The zero-order chi connectivity index (χ0) is 15.2. The second kappa shape index (κ2) is 7.20. The third-order valence-corrected chi connectivity index (χ3v) is 3.44. The lowest BCUT2D eigenvalue weighted by atomic mass is 10.3. The van der Waals surface area contributed by atoms with Gasteiger partial charge in [-0.1, -0.05) is 17.7 Å². The van der Waals surface area contributed by atoms with E-state index in [9.17, 15) is 0 Å². The van der Waals surface area contributed by atoms with E-state index < -0.39 is 0 Å². The van der Waals surface area contributed by atoms with Gasteiger partial charge >= 0.3 is 0 Å². The Kier molecular flexibility index (Phi) is 4.82. The lowest BCUT2D eigenvalue weighted by Crippen LogP contribution is -2.31. The van der Waals surface area contributed by atoms with Crippen molar-refractivity contribution in [3.05, 3.63) is 53.5 Å². The first-order chi connectivity index (χ1) is 10.8. The minimum Gasteiger partial charge on any atom is -0.378 e. The van der Waals surface area contributed by atoms with Gasteiger partial charge in [0.25, 0.3) is 0 Å². The maximum absolute atomic E-state index is 5.86. The van der Waals surface area contributed by atoms with Crippen LogP contribution in [0.5, 0.6) is 0 Å². The largest absolute Gasteiger partial charge is 0.378 e. The average Bonchev–Trinajstić information content (AvgIpc) is 3.02. The van der Waals surface area contributed by atoms with Crippen molar-refractivity contribution in [3.8, 4) is 5.69 Å². The Balaban J connectivity index is 1.60. The molecule has 0 atom stereocenters. The quantitative estimate of drug-likeness (QED) is 0.809. The second-order valence-electron chi connectivity index (χ2n) is 4.76. The topological polar surface area (TPSA) is 56.1 Å². The minimum atomic E-state index is 0.557. The Morgan fingerprint density at radius 1 is 1.09 bits per heavy atom. The molecule has 0 N–H and O–H groups in total. The van der Waals surface area contributed by atoms with Crippen molar-refractivity contribution in [2.75, 3.05) is 26.3 Å². The molecule has 1 saturated heterocycles. The van der Waals surface area contributed by atoms with Gasteiger partial charge in [0, 0.05) is 18.1 Å². The van der Waals surface area contributed by atoms with Gasteiger partial charge in [0.2, 0.25) is 0 Å². The van der Waals surface area contributed by atoms with Crippen LogP contribution in [0.1, 0.15) is 5.82 Å². The Hall–Kier alpha value is -2.18. The van der Waals surface area contributed by atoms with Crippen LogP contribution < -0.4 is 0 Å². The molecule has 0 amide bonds. The van der Waals surface area contributed by atoms with Crippen LogP contribution >= 0.6 is 11.6 Å². The number of tetrazole rings is 1. The van der Waals surface area contributed by atoms with E-state index >= 15 is 0 Å². The van der Waals surface area contributed by atoms with Crippen LogP contribution in [0.15, 0.2) is 42.6 Å². The van der Waals surface area contributed by atoms with E-state index in [1.165, 1.54) is 4.80 Å². The third-order valence-electron chi connectivity index (χ3n) is 3.19. The molecule has 1 aromatic heterocycles. The first-order valence-corrected chi connectivity index (χ1v) is 7.42. The van der Waals surface area contributed by atoms with Gasteiger partial charge in [0.15, 0.2) is 5.82 Å². The SMILES string of the molecule is Clc1ccc(-n2nnc(/C=C/C=C/N3CCOCC3)n2)cc1. The molecule has 7 heteroatoms. The zero-order valence-corrected chi connectivity index (χ0v) is 12.7. The normalized spacial score (nSPS) is 16.0. The zero-order valence-electron chi connectivity index (χ0n) is 12.0. The van der Waals surface area contributed by atoms with Gasteiger partial charge in [-0.3, -0.25) is 0 Å². The molecule has 114 valence electrons. The lowest BCUT2D eigenvalue weighted by Gasteiger charge is -2.24. The van der Waals surface area contributed by atoms with Crippen LogP contribution in [0.25, 0.3) is 11.8 Å². The summed E-state index contributed by atoms with van der Waals surface area (Å²) in [5.41, 5.74) is 0.820. The van der Waals surface area contributed by atoms with Gasteiger partial charge in [-0.05, 0) is 47.8 Å². The molecule has 1 fully saturated rings. The number of aromatic nitrogens is 4. The fourth-order valence-corrected chi connectivity index (χ4v) is 2.14. The number of nitrogens with zero attached hydrogens (tertiary/aromatic N) is 5. The fraction of sp³-hybridized carbons (Fsp3) is 0.267. The first-order valence-electron chi connectivity index (χ1n) is 7.04. The molecule has 0 bridgehead atoms. The van der Waals surface area contributed by atoms with Crippen molar-refractivity contribution in [3.63, 3.8) is 0 Å². The summed E-state index contributed by atoms with van der Waals surface area (Å²) >= 11 is 5.86. The van der Waals surface area contributed by atoms with Crippen LogP contribution in [0, 0.1) is 0 Å². The lowest BCUT2D eigenvalue weighted by molar-refractivity contribution is 0.0594. The third kappa shape index (κ3) is 3.93. The molecular formula is C15H16ClN5O. The highest BCUT2D eigenvalue weighted by molar-refractivity contribution is 6.30. The molecule has 3 rings (SSSR count). The van der Waals surface area contributed by atoms with Gasteiger partial charge in [0.05, 0.1) is 18.9 Å². The number of halogens is 1. The predicted molar refractivity (Wildman–Crippen MR) is 84.7 cm³/mol. The van der Waals surface area contributed by atoms with Crippen LogP contribution in [-0.2, 0) is 4.74 Å². The average molecular weight is 318 g/mol. The number of hydrogen-bond acceptors (Lipinski definition) is 5. The fourth-order valence-electron chi connectivity index (χ4n) is 2.02. The number of rotatable bonds is 4. The van der Waals surface area contributed by atoms with E-state index in [1.807, 2.05) is 36.6 Å². The van der Waals surface area contributed by atoms with Crippen molar-refractivity contribution in [1.29, 1.82) is 0 Å².